The van der Waals surface area contributed by atoms with Gasteiger partial charge in [-0.1, -0.05) is 24.3 Å². The van der Waals surface area contributed by atoms with Crippen LogP contribution in [0.25, 0.3) is 0 Å². The predicted octanol–water partition coefficient (Wildman–Crippen LogP) is 4.38. The van der Waals surface area contributed by atoms with E-state index < -0.39 is 0 Å². The SMILES string of the molecule is COc1ccc(Br)c(NCc2ccccc2C)c1. The fourth-order valence-electron chi connectivity index (χ4n) is 1.77. The molecule has 0 bridgehead atoms. The molecule has 0 saturated carbocycles. The molecule has 2 aromatic rings. The molecule has 0 saturated heterocycles. The molecule has 0 heterocycles. The molecular weight excluding hydrogens is 290 g/mol. The Morgan fingerprint density at radius 3 is 2.67 bits per heavy atom. The number of nitrogens with one attached hydrogen (secondary N) is 1. The zero-order valence-corrected chi connectivity index (χ0v) is 12.1. The summed E-state index contributed by atoms with van der Waals surface area (Å²) in [5.41, 5.74) is 3.63. The topological polar surface area (TPSA) is 21.3 Å². The molecular formula is C15H16BrNO. The number of aryl methyl sites for hydroxylation is 1. The van der Waals surface area contributed by atoms with E-state index in [2.05, 4.69) is 52.4 Å². The number of rotatable bonds is 4. The van der Waals surface area contributed by atoms with Crippen LogP contribution >= 0.6 is 15.9 Å². The average molecular weight is 306 g/mol. The molecule has 0 spiro atoms. The van der Waals surface area contributed by atoms with E-state index in [9.17, 15) is 0 Å². The first kappa shape index (κ1) is 13.0. The van der Waals surface area contributed by atoms with Crippen molar-refractivity contribution in [1.29, 1.82) is 0 Å². The number of hydrogen-bond acceptors (Lipinski definition) is 2. The first-order valence-electron chi connectivity index (χ1n) is 5.82. The number of halogens is 1. The largest absolute Gasteiger partial charge is 0.497 e. The zero-order valence-electron chi connectivity index (χ0n) is 10.5. The lowest BCUT2D eigenvalue weighted by molar-refractivity contribution is 0.415. The molecule has 3 heteroatoms. The van der Waals surface area contributed by atoms with Gasteiger partial charge in [-0.05, 0) is 46.1 Å². The quantitative estimate of drug-likeness (QED) is 0.905. The molecule has 0 aliphatic rings. The Labute approximate surface area is 116 Å². The van der Waals surface area contributed by atoms with Gasteiger partial charge in [0.05, 0.1) is 12.8 Å². The number of benzene rings is 2. The molecule has 2 rings (SSSR count). The second-order valence-electron chi connectivity index (χ2n) is 4.13. The Hall–Kier alpha value is -1.48. The van der Waals surface area contributed by atoms with Crippen molar-refractivity contribution in [2.24, 2.45) is 0 Å². The van der Waals surface area contributed by atoms with Crippen LogP contribution in [0.2, 0.25) is 0 Å². The third-order valence-corrected chi connectivity index (χ3v) is 3.60. The Morgan fingerprint density at radius 1 is 1.17 bits per heavy atom. The van der Waals surface area contributed by atoms with Crippen molar-refractivity contribution in [3.05, 3.63) is 58.1 Å². The summed E-state index contributed by atoms with van der Waals surface area (Å²) in [5.74, 6) is 0.852. The number of methoxy groups -OCH3 is 1. The van der Waals surface area contributed by atoms with Crippen molar-refractivity contribution < 1.29 is 4.74 Å². The predicted molar refractivity (Wildman–Crippen MR) is 79.2 cm³/mol. The molecule has 18 heavy (non-hydrogen) atoms. The molecule has 0 aliphatic carbocycles. The normalized spacial score (nSPS) is 10.2. The second kappa shape index (κ2) is 5.91. The van der Waals surface area contributed by atoms with Gasteiger partial charge in [0.1, 0.15) is 5.75 Å². The van der Waals surface area contributed by atoms with Crippen molar-refractivity contribution in [3.8, 4) is 5.75 Å². The zero-order chi connectivity index (χ0) is 13.0. The standard InChI is InChI=1S/C15H16BrNO/c1-11-5-3-4-6-12(11)10-17-15-9-13(18-2)7-8-14(15)16/h3-9,17H,10H2,1-2H3. The van der Waals surface area contributed by atoms with Crippen molar-refractivity contribution in [2.45, 2.75) is 13.5 Å². The second-order valence-corrected chi connectivity index (χ2v) is 4.98. The van der Waals surface area contributed by atoms with E-state index in [0.29, 0.717) is 0 Å². The number of anilines is 1. The van der Waals surface area contributed by atoms with E-state index in [1.54, 1.807) is 7.11 Å². The van der Waals surface area contributed by atoms with Crippen LogP contribution in [-0.4, -0.2) is 7.11 Å². The molecule has 2 nitrogen and oxygen atoms in total. The highest BCUT2D eigenvalue weighted by atomic mass is 79.9. The lowest BCUT2D eigenvalue weighted by atomic mass is 10.1. The molecule has 0 fully saturated rings. The summed E-state index contributed by atoms with van der Waals surface area (Å²) < 4.78 is 6.26. The van der Waals surface area contributed by atoms with Crippen molar-refractivity contribution in [1.82, 2.24) is 0 Å². The van der Waals surface area contributed by atoms with Crippen molar-refractivity contribution in [3.63, 3.8) is 0 Å². The third-order valence-electron chi connectivity index (χ3n) is 2.90. The Kier molecular flexibility index (Phi) is 4.26. The smallest absolute Gasteiger partial charge is 0.121 e. The van der Waals surface area contributed by atoms with Gasteiger partial charge in [0.15, 0.2) is 0 Å². The van der Waals surface area contributed by atoms with Gasteiger partial charge < -0.3 is 10.1 Å². The first-order valence-corrected chi connectivity index (χ1v) is 6.62. The van der Waals surface area contributed by atoms with Crippen LogP contribution in [0.5, 0.6) is 5.75 Å². The van der Waals surface area contributed by atoms with Crippen LogP contribution in [0.3, 0.4) is 0 Å². The van der Waals surface area contributed by atoms with E-state index >= 15 is 0 Å². The van der Waals surface area contributed by atoms with Crippen LogP contribution in [0.1, 0.15) is 11.1 Å². The molecule has 1 N–H and O–H groups in total. The summed E-state index contributed by atoms with van der Waals surface area (Å²) in [4.78, 5) is 0. The highest BCUT2D eigenvalue weighted by Gasteiger charge is 2.03. The molecule has 0 aliphatic heterocycles. The summed E-state index contributed by atoms with van der Waals surface area (Å²) in [6.07, 6.45) is 0. The average Bonchev–Trinajstić information content (AvgIpc) is 2.39. The summed E-state index contributed by atoms with van der Waals surface area (Å²) in [6, 6.07) is 14.3. The van der Waals surface area contributed by atoms with Gasteiger partial charge in [-0.15, -0.1) is 0 Å². The van der Waals surface area contributed by atoms with Crippen LogP contribution in [0.4, 0.5) is 5.69 Å². The van der Waals surface area contributed by atoms with E-state index in [4.69, 9.17) is 4.74 Å². The molecule has 0 atom stereocenters. The van der Waals surface area contributed by atoms with Gasteiger partial charge >= 0.3 is 0 Å². The Morgan fingerprint density at radius 2 is 1.94 bits per heavy atom. The van der Waals surface area contributed by atoms with Crippen molar-refractivity contribution in [2.75, 3.05) is 12.4 Å². The summed E-state index contributed by atoms with van der Waals surface area (Å²) in [7, 11) is 1.67. The Balaban J connectivity index is 2.13. The minimum atomic E-state index is 0.804. The summed E-state index contributed by atoms with van der Waals surface area (Å²) in [5, 5.41) is 3.42. The first-order chi connectivity index (χ1) is 8.70. The van der Waals surface area contributed by atoms with Crippen LogP contribution in [0, 0.1) is 6.92 Å². The fourth-order valence-corrected chi connectivity index (χ4v) is 2.15. The summed E-state index contributed by atoms with van der Waals surface area (Å²) >= 11 is 3.53. The molecule has 2 aromatic carbocycles. The third kappa shape index (κ3) is 3.05. The highest BCUT2D eigenvalue weighted by molar-refractivity contribution is 9.10. The van der Waals surface area contributed by atoms with Crippen LogP contribution in [0.15, 0.2) is 46.9 Å². The van der Waals surface area contributed by atoms with Gasteiger partial charge in [-0.25, -0.2) is 0 Å². The lowest BCUT2D eigenvalue weighted by Crippen LogP contribution is -2.02. The van der Waals surface area contributed by atoms with E-state index in [1.165, 1.54) is 11.1 Å². The maximum atomic E-state index is 5.22. The molecule has 94 valence electrons. The minimum Gasteiger partial charge on any atom is -0.497 e. The monoisotopic (exact) mass is 305 g/mol. The lowest BCUT2D eigenvalue weighted by Gasteiger charge is -2.11. The van der Waals surface area contributed by atoms with E-state index in [1.807, 2.05) is 18.2 Å². The fraction of sp³-hybridized carbons (Fsp3) is 0.200. The maximum absolute atomic E-state index is 5.22. The van der Waals surface area contributed by atoms with Gasteiger partial charge in [0.2, 0.25) is 0 Å². The van der Waals surface area contributed by atoms with Crippen LogP contribution < -0.4 is 10.1 Å². The molecule has 0 radical (unpaired) electrons. The molecule has 0 amide bonds. The van der Waals surface area contributed by atoms with Crippen molar-refractivity contribution >= 4 is 21.6 Å². The van der Waals surface area contributed by atoms with E-state index in [-0.39, 0.29) is 0 Å². The van der Waals surface area contributed by atoms with Crippen LogP contribution in [-0.2, 0) is 6.54 Å². The Bertz CT molecular complexity index is 540. The summed E-state index contributed by atoms with van der Waals surface area (Å²) in [6.45, 7) is 2.93. The molecule has 0 aromatic heterocycles. The number of ether oxygens (including phenoxy) is 1. The maximum Gasteiger partial charge on any atom is 0.121 e. The van der Waals surface area contributed by atoms with Gasteiger partial charge in [0.25, 0.3) is 0 Å². The molecule has 0 unspecified atom stereocenters. The number of hydrogen-bond donors (Lipinski definition) is 1. The van der Waals surface area contributed by atoms with Gasteiger partial charge in [-0.3, -0.25) is 0 Å². The van der Waals surface area contributed by atoms with E-state index in [0.717, 1.165) is 22.5 Å². The highest BCUT2D eigenvalue weighted by Crippen LogP contribution is 2.27. The van der Waals surface area contributed by atoms with Gasteiger partial charge in [0, 0.05) is 17.1 Å². The minimum absolute atomic E-state index is 0.804. The van der Waals surface area contributed by atoms with Gasteiger partial charge in [-0.2, -0.15) is 0 Å².